The van der Waals surface area contributed by atoms with Gasteiger partial charge in [-0.15, -0.1) is 0 Å². The molecular weight excluding hydrogens is 904 g/mol. The smallest absolute Gasteiger partial charge is 0.462 e. The van der Waals surface area contributed by atoms with E-state index < -0.39 is 57.8 Å². The van der Waals surface area contributed by atoms with Gasteiger partial charge in [0.15, 0.2) is 6.10 Å². The number of aliphatic hydroxyl groups excluding tert-OH is 1. The summed E-state index contributed by atoms with van der Waals surface area (Å²) in [5.74, 6) is -1.46. The minimum absolute atomic E-state index is 0.162. The van der Waals surface area contributed by atoms with E-state index in [0.29, 0.717) is 19.3 Å². The van der Waals surface area contributed by atoms with Crippen molar-refractivity contribution in [3.05, 3.63) is 36.5 Å². The van der Waals surface area contributed by atoms with Gasteiger partial charge in [0.1, 0.15) is 12.7 Å². The van der Waals surface area contributed by atoms with Crippen LogP contribution < -0.4 is 0 Å². The lowest BCUT2D eigenvalue weighted by molar-refractivity contribution is -0.161. The first kappa shape index (κ1) is 67.7. The van der Waals surface area contributed by atoms with Crippen molar-refractivity contribution in [1.29, 1.82) is 0 Å². The Morgan fingerprint density at radius 1 is 0.400 bits per heavy atom. The quantitative estimate of drug-likeness (QED) is 0.0197. The molecule has 2 N–H and O–H groups in total. The van der Waals surface area contributed by atoms with Crippen LogP contribution in [0.25, 0.3) is 0 Å². The highest BCUT2D eigenvalue weighted by atomic mass is 31.2. The van der Waals surface area contributed by atoms with Gasteiger partial charge in [-0.25, -0.2) is 4.57 Å². The summed E-state index contributed by atoms with van der Waals surface area (Å²) in [5.41, 5.74) is 0. The van der Waals surface area contributed by atoms with Crippen molar-refractivity contribution >= 4 is 25.7 Å². The third-order valence-corrected chi connectivity index (χ3v) is 13.5. The van der Waals surface area contributed by atoms with E-state index in [1.54, 1.807) is 0 Å². The van der Waals surface area contributed by atoms with Crippen LogP contribution in [0.2, 0.25) is 0 Å². The van der Waals surface area contributed by atoms with Crippen LogP contribution in [0.5, 0.6) is 0 Å². The Balaban J connectivity index is 4.61. The van der Waals surface area contributed by atoms with Gasteiger partial charge in [-0.1, -0.05) is 218 Å². The molecule has 0 spiro atoms. The van der Waals surface area contributed by atoms with Crippen molar-refractivity contribution in [2.24, 2.45) is 0 Å². The molecule has 3 unspecified atom stereocenters. The maximum Gasteiger partial charge on any atom is 0.472 e. The Morgan fingerprint density at radius 3 is 1.10 bits per heavy atom. The van der Waals surface area contributed by atoms with Gasteiger partial charge in [-0.2, -0.15) is 0 Å². The summed E-state index contributed by atoms with van der Waals surface area (Å²) >= 11 is 0. The summed E-state index contributed by atoms with van der Waals surface area (Å²) in [6, 6.07) is 0. The van der Waals surface area contributed by atoms with Crippen LogP contribution in [-0.4, -0.2) is 66.5 Å². The topological polar surface area (TPSA) is 155 Å². The van der Waals surface area contributed by atoms with Crippen molar-refractivity contribution in [1.82, 2.24) is 0 Å². The Bertz CT molecular complexity index is 1320. The average molecular weight is 1010 g/mol. The fraction of sp³-hybridized carbons (Fsp3) is 0.845. The molecule has 0 heterocycles. The van der Waals surface area contributed by atoms with Crippen LogP contribution in [0.1, 0.15) is 278 Å². The molecule has 0 saturated carbocycles. The molecule has 0 aromatic heterocycles. The first-order valence-electron chi connectivity index (χ1n) is 28.9. The zero-order chi connectivity index (χ0) is 51.3. The number of phosphoric ester groups is 1. The number of esters is 3. The number of carbonyl (C=O) groups is 3. The van der Waals surface area contributed by atoms with Crippen LogP contribution in [0.15, 0.2) is 36.5 Å². The zero-order valence-electron chi connectivity index (χ0n) is 45.2. The number of ether oxygens (including phenoxy) is 3. The summed E-state index contributed by atoms with van der Waals surface area (Å²) in [6.45, 7) is 4.61. The third kappa shape index (κ3) is 50.6. The predicted octanol–water partition coefficient (Wildman–Crippen LogP) is 16.8. The van der Waals surface area contributed by atoms with Gasteiger partial charge < -0.3 is 24.2 Å². The minimum Gasteiger partial charge on any atom is -0.462 e. The summed E-state index contributed by atoms with van der Waals surface area (Å²) in [6.07, 6.45) is 53.9. The van der Waals surface area contributed by atoms with E-state index in [2.05, 4.69) is 57.2 Å². The maximum absolute atomic E-state index is 12.9. The van der Waals surface area contributed by atoms with Crippen LogP contribution in [0.4, 0.5) is 0 Å². The molecule has 3 atom stereocenters. The van der Waals surface area contributed by atoms with Crippen molar-refractivity contribution in [3.63, 3.8) is 0 Å². The fourth-order valence-electron chi connectivity index (χ4n) is 8.09. The number of allylic oxidation sites excluding steroid dienone is 6. The highest BCUT2D eigenvalue weighted by molar-refractivity contribution is 7.47. The van der Waals surface area contributed by atoms with E-state index >= 15 is 0 Å². The summed E-state index contributed by atoms with van der Waals surface area (Å²) < 4.78 is 39.4. The first-order chi connectivity index (χ1) is 34.2. The van der Waals surface area contributed by atoms with E-state index in [1.165, 1.54) is 135 Å². The molecule has 0 radical (unpaired) electrons. The van der Waals surface area contributed by atoms with Crippen LogP contribution in [-0.2, 0) is 42.2 Å². The third-order valence-electron chi connectivity index (χ3n) is 12.5. The maximum atomic E-state index is 12.9. The molecule has 0 bridgehead atoms. The van der Waals surface area contributed by atoms with E-state index in [-0.39, 0.29) is 25.9 Å². The van der Waals surface area contributed by atoms with E-state index in [9.17, 15) is 28.9 Å². The molecule has 0 aliphatic carbocycles. The van der Waals surface area contributed by atoms with Crippen LogP contribution in [0.3, 0.4) is 0 Å². The summed E-state index contributed by atoms with van der Waals surface area (Å²) in [4.78, 5) is 48.4. The Kier molecular flexibility index (Phi) is 51.3. The summed E-state index contributed by atoms with van der Waals surface area (Å²) in [5, 5.41) is 9.81. The van der Waals surface area contributed by atoms with Gasteiger partial charge >= 0.3 is 25.7 Å². The lowest BCUT2D eigenvalue weighted by atomic mass is 10.1. The van der Waals surface area contributed by atoms with Crippen LogP contribution >= 0.6 is 7.82 Å². The number of carbonyl (C=O) groups excluding carboxylic acids is 3. The van der Waals surface area contributed by atoms with E-state index in [0.717, 1.165) is 83.5 Å². The van der Waals surface area contributed by atoms with Gasteiger partial charge in [-0.3, -0.25) is 23.4 Å². The standard InChI is InChI=1S/C58H107O11P/c1-4-7-10-13-16-19-21-23-25-27-29-31-33-36-39-42-45-48-57(61)68-54(50-59)52-66-70(63,64)67-53-55(51-65-56(60)47-44-41-38-35-18-15-12-9-6-3)69-58(62)49-46-43-40-37-34-32-30-28-26-24-22-20-17-14-11-8-5-2/h17,20,23-26,54-55,59H,4-16,18-19,21-22,27-53H2,1-3H3,(H,63,64)/b20-17-,25-23-,26-24-. The molecule has 0 aliphatic rings. The molecule has 0 aliphatic heterocycles. The van der Waals surface area contributed by atoms with Gasteiger partial charge in [0.25, 0.3) is 0 Å². The highest BCUT2D eigenvalue weighted by Gasteiger charge is 2.28. The molecule has 0 saturated heterocycles. The second kappa shape index (κ2) is 53.0. The number of hydrogen-bond donors (Lipinski definition) is 2. The Labute approximate surface area is 429 Å². The van der Waals surface area contributed by atoms with Crippen LogP contribution in [0, 0.1) is 0 Å². The van der Waals surface area contributed by atoms with Gasteiger partial charge in [0.2, 0.25) is 0 Å². The average Bonchev–Trinajstić information content (AvgIpc) is 3.35. The van der Waals surface area contributed by atoms with Crippen molar-refractivity contribution in [2.75, 3.05) is 26.4 Å². The fourth-order valence-corrected chi connectivity index (χ4v) is 8.87. The lowest BCUT2D eigenvalue weighted by Gasteiger charge is -2.21. The second-order valence-electron chi connectivity index (χ2n) is 19.5. The number of phosphoric acid groups is 1. The first-order valence-corrected chi connectivity index (χ1v) is 30.4. The molecule has 0 rings (SSSR count). The molecular formula is C58H107O11P. The molecule has 11 nitrogen and oxygen atoms in total. The predicted molar refractivity (Wildman–Crippen MR) is 289 cm³/mol. The normalized spacial score (nSPS) is 13.6. The monoisotopic (exact) mass is 1010 g/mol. The number of hydrogen-bond acceptors (Lipinski definition) is 10. The number of unbranched alkanes of at least 4 members (excludes halogenated alkanes) is 31. The van der Waals surface area contributed by atoms with Gasteiger partial charge in [0.05, 0.1) is 19.8 Å². The van der Waals surface area contributed by atoms with E-state index in [1.807, 2.05) is 0 Å². The van der Waals surface area contributed by atoms with Crippen molar-refractivity contribution in [2.45, 2.75) is 290 Å². The minimum atomic E-state index is -4.74. The number of aliphatic hydroxyl groups is 1. The Hall–Kier alpha value is -2.30. The Morgan fingerprint density at radius 2 is 0.700 bits per heavy atom. The highest BCUT2D eigenvalue weighted by Crippen LogP contribution is 2.43. The molecule has 12 heteroatoms. The molecule has 0 amide bonds. The molecule has 410 valence electrons. The van der Waals surface area contributed by atoms with Crippen molar-refractivity contribution in [3.8, 4) is 0 Å². The van der Waals surface area contributed by atoms with E-state index in [4.69, 9.17) is 23.3 Å². The molecule has 0 aromatic rings. The molecule has 70 heavy (non-hydrogen) atoms. The zero-order valence-corrected chi connectivity index (χ0v) is 46.1. The summed E-state index contributed by atoms with van der Waals surface area (Å²) in [7, 11) is -4.74. The second-order valence-corrected chi connectivity index (χ2v) is 20.9. The molecule has 0 fully saturated rings. The van der Waals surface area contributed by atoms with Gasteiger partial charge in [-0.05, 0) is 77.0 Å². The SMILES string of the molecule is CCCCC/C=C\C/C=C\CCCCCCCCCC(=O)OC(COC(=O)CCCCCCCCCCC)COP(=O)(O)OCC(CO)OC(=O)CCCCCCCCC/C=C\CCCCCCCC. The van der Waals surface area contributed by atoms with Crippen molar-refractivity contribution < 1.29 is 52.2 Å². The number of rotatable bonds is 54. The lowest BCUT2D eigenvalue weighted by Crippen LogP contribution is -2.30. The largest absolute Gasteiger partial charge is 0.472 e. The molecule has 0 aromatic carbocycles. The van der Waals surface area contributed by atoms with Gasteiger partial charge in [0, 0.05) is 19.3 Å².